The van der Waals surface area contributed by atoms with Gasteiger partial charge < -0.3 is 14.8 Å². The highest BCUT2D eigenvalue weighted by molar-refractivity contribution is 9.10. The molecule has 0 saturated carbocycles. The van der Waals surface area contributed by atoms with Gasteiger partial charge in [0.05, 0.1) is 11.6 Å². The quantitative estimate of drug-likeness (QED) is 0.859. The summed E-state index contributed by atoms with van der Waals surface area (Å²) in [6.45, 7) is 1.66. The fourth-order valence-corrected chi connectivity index (χ4v) is 2.25. The van der Waals surface area contributed by atoms with E-state index >= 15 is 0 Å². The van der Waals surface area contributed by atoms with Gasteiger partial charge in [-0.25, -0.2) is 4.79 Å². The molecular weight excluding hydrogens is 362 g/mol. The van der Waals surface area contributed by atoms with Crippen molar-refractivity contribution in [3.8, 4) is 0 Å². The second kappa shape index (κ2) is 6.32. The molecule has 1 amide bonds. The number of carboxylic acid groups (broad SMARTS) is 1. The van der Waals surface area contributed by atoms with Gasteiger partial charge in [-0.2, -0.15) is 0 Å². The molecule has 0 aliphatic heterocycles. The summed E-state index contributed by atoms with van der Waals surface area (Å²) in [7, 11) is 0. The molecule has 0 aliphatic carbocycles. The van der Waals surface area contributed by atoms with Gasteiger partial charge in [-0.15, -0.1) is 0 Å². The van der Waals surface area contributed by atoms with Crippen LogP contribution in [0.15, 0.2) is 33.2 Å². The van der Waals surface area contributed by atoms with E-state index in [0.29, 0.717) is 26.6 Å². The molecule has 1 aromatic carbocycles. The highest BCUT2D eigenvalue weighted by Gasteiger charge is 2.14. The van der Waals surface area contributed by atoms with E-state index in [9.17, 15) is 9.59 Å². The van der Waals surface area contributed by atoms with E-state index < -0.39 is 5.97 Å². The Balaban J connectivity index is 2.05. The second-order valence-corrected chi connectivity index (χ2v) is 5.56. The van der Waals surface area contributed by atoms with E-state index in [4.69, 9.17) is 21.1 Å². The van der Waals surface area contributed by atoms with Gasteiger partial charge in [0.15, 0.2) is 0 Å². The first-order chi connectivity index (χ1) is 9.88. The lowest BCUT2D eigenvalue weighted by atomic mass is 10.2. The van der Waals surface area contributed by atoms with Crippen LogP contribution in [0.5, 0.6) is 0 Å². The van der Waals surface area contributed by atoms with Crippen LogP contribution in [0.2, 0.25) is 5.02 Å². The summed E-state index contributed by atoms with van der Waals surface area (Å²) in [6.07, 6.45) is 0. The number of carboxylic acids is 1. The fourth-order valence-electron chi connectivity index (χ4n) is 1.75. The Bertz CT molecular complexity index is 711. The molecule has 0 bridgehead atoms. The summed E-state index contributed by atoms with van der Waals surface area (Å²) in [5.41, 5.74) is 0.529. The van der Waals surface area contributed by atoms with E-state index in [1.165, 1.54) is 6.07 Å². The van der Waals surface area contributed by atoms with E-state index in [1.807, 2.05) is 0 Å². The molecule has 1 aromatic heterocycles. The number of halogens is 2. The second-order valence-electron chi connectivity index (χ2n) is 4.30. The third-order valence-corrected chi connectivity index (χ3v) is 4.02. The molecule has 0 spiro atoms. The predicted molar refractivity (Wildman–Crippen MR) is 80.7 cm³/mol. The average Bonchev–Trinajstić information content (AvgIpc) is 2.80. The molecule has 0 fully saturated rings. The van der Waals surface area contributed by atoms with Gasteiger partial charge in [0, 0.05) is 10.0 Å². The maximum Gasteiger partial charge on any atom is 0.339 e. The molecule has 1 heterocycles. The molecule has 7 heteroatoms. The number of aryl methyl sites for hydroxylation is 1. The lowest BCUT2D eigenvalue weighted by molar-refractivity contribution is 0.0694. The van der Waals surface area contributed by atoms with Crippen molar-refractivity contribution in [3.63, 3.8) is 0 Å². The third-order valence-electron chi connectivity index (χ3n) is 2.80. The predicted octanol–water partition coefficient (Wildman–Crippen LogP) is 3.63. The Morgan fingerprint density at radius 3 is 2.67 bits per heavy atom. The Hall–Kier alpha value is -1.79. The SMILES string of the molecule is Cc1oc(CNC(=O)c2ccc(Cl)c(Br)c2)cc1C(=O)O. The van der Waals surface area contributed by atoms with Crippen LogP contribution < -0.4 is 5.32 Å². The molecule has 2 N–H and O–H groups in total. The van der Waals surface area contributed by atoms with Crippen LogP contribution in [0.4, 0.5) is 0 Å². The van der Waals surface area contributed by atoms with Crippen LogP contribution in [0.25, 0.3) is 0 Å². The Morgan fingerprint density at radius 1 is 1.38 bits per heavy atom. The smallest absolute Gasteiger partial charge is 0.339 e. The number of rotatable bonds is 4. The van der Waals surface area contributed by atoms with E-state index in [0.717, 1.165) is 0 Å². The summed E-state index contributed by atoms with van der Waals surface area (Å²) >= 11 is 9.10. The van der Waals surface area contributed by atoms with Crippen molar-refractivity contribution in [1.82, 2.24) is 5.32 Å². The van der Waals surface area contributed by atoms with Crippen molar-refractivity contribution in [2.24, 2.45) is 0 Å². The number of hydrogen-bond donors (Lipinski definition) is 2. The number of aromatic carboxylic acids is 1. The van der Waals surface area contributed by atoms with Crippen molar-refractivity contribution in [1.29, 1.82) is 0 Å². The van der Waals surface area contributed by atoms with Crippen LogP contribution in [0, 0.1) is 6.92 Å². The molecule has 2 aromatic rings. The minimum atomic E-state index is -1.06. The number of furan rings is 1. The molecule has 21 heavy (non-hydrogen) atoms. The molecule has 2 rings (SSSR count). The van der Waals surface area contributed by atoms with Gasteiger partial charge in [-0.05, 0) is 47.1 Å². The topological polar surface area (TPSA) is 79.5 Å². The normalized spacial score (nSPS) is 10.4. The largest absolute Gasteiger partial charge is 0.478 e. The fraction of sp³-hybridized carbons (Fsp3) is 0.143. The van der Waals surface area contributed by atoms with E-state index in [1.54, 1.807) is 25.1 Å². The number of amides is 1. The molecule has 0 radical (unpaired) electrons. The van der Waals surface area contributed by atoms with Crippen molar-refractivity contribution < 1.29 is 19.1 Å². The Kier molecular flexibility index (Phi) is 4.69. The number of benzene rings is 1. The summed E-state index contributed by atoms with van der Waals surface area (Å²) in [5, 5.41) is 12.1. The zero-order chi connectivity index (χ0) is 15.6. The molecule has 0 saturated heterocycles. The van der Waals surface area contributed by atoms with Crippen LogP contribution in [0.1, 0.15) is 32.2 Å². The molecule has 0 unspecified atom stereocenters. The maximum atomic E-state index is 12.0. The van der Waals surface area contributed by atoms with Crippen molar-refractivity contribution in [2.45, 2.75) is 13.5 Å². The Morgan fingerprint density at radius 2 is 2.10 bits per heavy atom. The average molecular weight is 373 g/mol. The van der Waals surface area contributed by atoms with Gasteiger partial charge in [-0.1, -0.05) is 11.6 Å². The van der Waals surface area contributed by atoms with Crippen LogP contribution in [-0.2, 0) is 6.54 Å². The summed E-state index contributed by atoms with van der Waals surface area (Å²) in [6, 6.07) is 6.21. The number of hydrogen-bond acceptors (Lipinski definition) is 3. The number of carbonyl (C=O) groups excluding carboxylic acids is 1. The summed E-state index contributed by atoms with van der Waals surface area (Å²) in [5.74, 6) is -0.680. The first-order valence-electron chi connectivity index (χ1n) is 5.94. The lowest BCUT2D eigenvalue weighted by Crippen LogP contribution is -2.22. The zero-order valence-corrected chi connectivity index (χ0v) is 13.3. The maximum absolute atomic E-state index is 12.0. The van der Waals surface area contributed by atoms with E-state index in [-0.39, 0.29) is 18.0 Å². The zero-order valence-electron chi connectivity index (χ0n) is 10.9. The van der Waals surface area contributed by atoms with E-state index in [2.05, 4.69) is 21.2 Å². The van der Waals surface area contributed by atoms with Crippen molar-refractivity contribution >= 4 is 39.4 Å². The highest BCUT2D eigenvalue weighted by Crippen LogP contribution is 2.23. The van der Waals surface area contributed by atoms with Crippen LogP contribution >= 0.6 is 27.5 Å². The molecule has 110 valence electrons. The van der Waals surface area contributed by atoms with Gasteiger partial charge >= 0.3 is 5.97 Å². The van der Waals surface area contributed by atoms with Crippen LogP contribution in [0.3, 0.4) is 0 Å². The summed E-state index contributed by atoms with van der Waals surface area (Å²) in [4.78, 5) is 22.9. The van der Waals surface area contributed by atoms with Gasteiger partial charge in [-0.3, -0.25) is 4.79 Å². The minimum absolute atomic E-state index is 0.0912. The van der Waals surface area contributed by atoms with Crippen molar-refractivity contribution in [3.05, 3.63) is 56.4 Å². The summed E-state index contributed by atoms with van der Waals surface area (Å²) < 4.78 is 5.90. The minimum Gasteiger partial charge on any atom is -0.478 e. The molecule has 0 atom stereocenters. The first kappa shape index (κ1) is 15.6. The molecule has 5 nitrogen and oxygen atoms in total. The van der Waals surface area contributed by atoms with Crippen LogP contribution in [-0.4, -0.2) is 17.0 Å². The third kappa shape index (κ3) is 3.65. The number of nitrogens with one attached hydrogen (secondary N) is 1. The van der Waals surface area contributed by atoms with Gasteiger partial charge in [0.2, 0.25) is 0 Å². The first-order valence-corrected chi connectivity index (χ1v) is 7.11. The lowest BCUT2D eigenvalue weighted by Gasteiger charge is -2.04. The van der Waals surface area contributed by atoms with Gasteiger partial charge in [0.25, 0.3) is 5.91 Å². The number of carbonyl (C=O) groups is 2. The molecule has 0 aliphatic rings. The molecular formula is C14H11BrClNO4. The van der Waals surface area contributed by atoms with Gasteiger partial charge in [0.1, 0.15) is 17.1 Å². The Labute approximate surface area is 134 Å². The highest BCUT2D eigenvalue weighted by atomic mass is 79.9. The monoisotopic (exact) mass is 371 g/mol. The van der Waals surface area contributed by atoms with Crippen molar-refractivity contribution in [2.75, 3.05) is 0 Å². The standard InChI is InChI=1S/C14H11BrClNO4/c1-7-10(14(19)20)5-9(21-7)6-17-13(18)8-2-3-12(16)11(15)4-8/h2-5H,6H2,1H3,(H,17,18)(H,19,20).